The first-order valence-corrected chi connectivity index (χ1v) is 7.02. The Balaban J connectivity index is 2.14. The Kier molecular flexibility index (Phi) is 4.21. The van der Waals surface area contributed by atoms with Gasteiger partial charge in [0.05, 0.1) is 37.0 Å². The van der Waals surface area contributed by atoms with Gasteiger partial charge in [-0.25, -0.2) is 14.5 Å². The zero-order valence-corrected chi connectivity index (χ0v) is 12.7. The van der Waals surface area contributed by atoms with Crippen LogP contribution in [0, 0.1) is 0 Å². The van der Waals surface area contributed by atoms with Gasteiger partial charge in [0.1, 0.15) is 0 Å². The first-order valence-electron chi connectivity index (χ1n) is 7.02. The van der Waals surface area contributed by atoms with E-state index in [1.54, 1.807) is 30.5 Å². The molecule has 0 amide bonds. The Morgan fingerprint density at radius 1 is 1.25 bits per heavy atom. The number of nitrogens with zero attached hydrogens (tertiary/aromatic N) is 4. The molecule has 8 heteroatoms. The van der Waals surface area contributed by atoms with Gasteiger partial charge >= 0.3 is 5.97 Å². The summed E-state index contributed by atoms with van der Waals surface area (Å²) in [5, 5.41) is 22.6. The van der Waals surface area contributed by atoms with Crippen molar-refractivity contribution in [2.45, 2.75) is 6.61 Å². The number of aliphatic hydroxyl groups is 1. The van der Waals surface area contributed by atoms with Crippen molar-refractivity contribution in [3.63, 3.8) is 0 Å². The van der Waals surface area contributed by atoms with Crippen LogP contribution in [0.4, 0.5) is 0 Å². The molecule has 0 atom stereocenters. The highest BCUT2D eigenvalue weighted by Crippen LogP contribution is 2.23. The zero-order valence-electron chi connectivity index (χ0n) is 12.7. The van der Waals surface area contributed by atoms with Crippen molar-refractivity contribution in [1.29, 1.82) is 0 Å². The van der Waals surface area contributed by atoms with Gasteiger partial charge in [0.15, 0.2) is 5.69 Å². The molecule has 3 aromatic rings. The standard InChI is InChI=1S/C16H14N4O4/c1-24-15-3-2-11(8-18-15)20-14(7-13(19-20)16(22)23)12-6-10(9-21)4-5-17-12/h2-8,21H,9H2,1H3,(H,22,23). The van der Waals surface area contributed by atoms with Crippen LogP contribution in [0.2, 0.25) is 0 Å². The average molecular weight is 326 g/mol. The molecular formula is C16H14N4O4. The summed E-state index contributed by atoms with van der Waals surface area (Å²) >= 11 is 0. The molecule has 8 nitrogen and oxygen atoms in total. The number of pyridine rings is 2. The zero-order chi connectivity index (χ0) is 17.1. The number of aromatic nitrogens is 4. The van der Waals surface area contributed by atoms with E-state index in [2.05, 4.69) is 15.1 Å². The third-order valence-electron chi connectivity index (χ3n) is 3.37. The first kappa shape index (κ1) is 15.6. The Morgan fingerprint density at radius 2 is 2.08 bits per heavy atom. The molecule has 0 aliphatic heterocycles. The Morgan fingerprint density at radius 3 is 2.71 bits per heavy atom. The molecule has 3 rings (SSSR count). The van der Waals surface area contributed by atoms with Crippen molar-refractivity contribution in [1.82, 2.24) is 19.7 Å². The van der Waals surface area contributed by atoms with Gasteiger partial charge < -0.3 is 14.9 Å². The van der Waals surface area contributed by atoms with Crippen LogP contribution in [0.15, 0.2) is 42.7 Å². The molecule has 0 unspecified atom stereocenters. The maximum absolute atomic E-state index is 11.3. The molecule has 3 heterocycles. The van der Waals surface area contributed by atoms with Gasteiger partial charge in [-0.15, -0.1) is 0 Å². The van der Waals surface area contributed by atoms with Crippen LogP contribution < -0.4 is 4.74 Å². The number of aromatic carboxylic acids is 1. The van der Waals surface area contributed by atoms with Gasteiger partial charge in [-0.05, 0) is 23.8 Å². The van der Waals surface area contributed by atoms with Crippen molar-refractivity contribution in [2.24, 2.45) is 0 Å². The number of carbonyl (C=O) groups is 1. The van der Waals surface area contributed by atoms with E-state index in [0.29, 0.717) is 28.5 Å². The number of hydrogen-bond acceptors (Lipinski definition) is 6. The maximum atomic E-state index is 11.3. The first-order chi connectivity index (χ1) is 11.6. The summed E-state index contributed by atoms with van der Waals surface area (Å²) in [4.78, 5) is 19.6. The van der Waals surface area contributed by atoms with Gasteiger partial charge in [0.2, 0.25) is 5.88 Å². The lowest BCUT2D eigenvalue weighted by molar-refractivity contribution is 0.0690. The Hall–Kier alpha value is -3.26. The van der Waals surface area contributed by atoms with E-state index in [-0.39, 0.29) is 12.3 Å². The van der Waals surface area contributed by atoms with Crippen LogP contribution in [-0.2, 0) is 6.61 Å². The lowest BCUT2D eigenvalue weighted by Crippen LogP contribution is -2.03. The minimum atomic E-state index is -1.14. The molecule has 0 saturated heterocycles. The SMILES string of the molecule is COc1ccc(-n2nc(C(=O)O)cc2-c2cc(CO)ccn2)cn1. The Bertz CT molecular complexity index is 874. The summed E-state index contributed by atoms with van der Waals surface area (Å²) in [5.41, 5.74) is 2.09. The van der Waals surface area contributed by atoms with Crippen molar-refractivity contribution in [2.75, 3.05) is 7.11 Å². The van der Waals surface area contributed by atoms with Gasteiger partial charge in [0.25, 0.3) is 0 Å². The summed E-state index contributed by atoms with van der Waals surface area (Å²) in [7, 11) is 1.51. The van der Waals surface area contributed by atoms with Crippen LogP contribution in [0.5, 0.6) is 5.88 Å². The fraction of sp³-hybridized carbons (Fsp3) is 0.125. The largest absolute Gasteiger partial charge is 0.481 e. The molecule has 0 bridgehead atoms. The summed E-state index contributed by atoms with van der Waals surface area (Å²) in [6.45, 7) is -0.139. The monoisotopic (exact) mass is 326 g/mol. The number of carboxylic acid groups (broad SMARTS) is 1. The van der Waals surface area contributed by atoms with E-state index in [4.69, 9.17) is 4.74 Å². The number of ether oxygens (including phenoxy) is 1. The second-order valence-electron chi connectivity index (χ2n) is 4.90. The van der Waals surface area contributed by atoms with Crippen LogP contribution in [0.1, 0.15) is 16.1 Å². The molecule has 2 N–H and O–H groups in total. The van der Waals surface area contributed by atoms with Gasteiger partial charge in [0, 0.05) is 18.3 Å². The highest BCUT2D eigenvalue weighted by atomic mass is 16.5. The number of rotatable bonds is 5. The molecule has 0 saturated carbocycles. The van der Waals surface area contributed by atoms with Crippen LogP contribution >= 0.6 is 0 Å². The predicted octanol–water partition coefficient (Wildman–Crippen LogP) is 1.53. The highest BCUT2D eigenvalue weighted by molar-refractivity contribution is 5.87. The minimum Gasteiger partial charge on any atom is -0.481 e. The second kappa shape index (κ2) is 6.47. The smallest absolute Gasteiger partial charge is 0.356 e. The normalized spacial score (nSPS) is 10.6. The maximum Gasteiger partial charge on any atom is 0.356 e. The van der Waals surface area contributed by atoms with Crippen molar-refractivity contribution < 1.29 is 19.7 Å². The van der Waals surface area contributed by atoms with Gasteiger partial charge in [-0.3, -0.25) is 4.98 Å². The highest BCUT2D eigenvalue weighted by Gasteiger charge is 2.17. The summed E-state index contributed by atoms with van der Waals surface area (Å²) in [6, 6.07) is 8.14. The number of methoxy groups -OCH3 is 1. The van der Waals surface area contributed by atoms with E-state index in [0.717, 1.165) is 0 Å². The number of aliphatic hydroxyl groups excluding tert-OH is 1. The molecular weight excluding hydrogens is 312 g/mol. The van der Waals surface area contributed by atoms with Crippen molar-refractivity contribution in [3.05, 3.63) is 54.0 Å². The topological polar surface area (TPSA) is 110 Å². The molecule has 3 aromatic heterocycles. The molecule has 24 heavy (non-hydrogen) atoms. The van der Waals surface area contributed by atoms with Crippen molar-refractivity contribution >= 4 is 5.97 Å². The average Bonchev–Trinajstić information content (AvgIpc) is 3.07. The fourth-order valence-electron chi connectivity index (χ4n) is 2.20. The molecule has 0 aromatic carbocycles. The molecule has 0 aliphatic carbocycles. The summed E-state index contributed by atoms with van der Waals surface area (Å²) in [6.07, 6.45) is 3.07. The molecule has 0 radical (unpaired) electrons. The quantitative estimate of drug-likeness (QED) is 0.731. The van der Waals surface area contributed by atoms with E-state index in [1.165, 1.54) is 24.1 Å². The second-order valence-corrected chi connectivity index (χ2v) is 4.90. The lowest BCUT2D eigenvalue weighted by atomic mass is 10.2. The van der Waals surface area contributed by atoms with E-state index < -0.39 is 5.97 Å². The molecule has 0 aliphatic rings. The van der Waals surface area contributed by atoms with Crippen LogP contribution in [-0.4, -0.2) is 43.0 Å². The van der Waals surface area contributed by atoms with Crippen LogP contribution in [0.3, 0.4) is 0 Å². The predicted molar refractivity (Wildman–Crippen MR) is 84.0 cm³/mol. The van der Waals surface area contributed by atoms with E-state index >= 15 is 0 Å². The third-order valence-corrected chi connectivity index (χ3v) is 3.37. The van der Waals surface area contributed by atoms with Crippen LogP contribution in [0.25, 0.3) is 17.1 Å². The van der Waals surface area contributed by atoms with Crippen molar-refractivity contribution in [3.8, 4) is 23.0 Å². The summed E-state index contributed by atoms with van der Waals surface area (Å²) < 4.78 is 6.46. The Labute approximate surface area is 137 Å². The molecule has 122 valence electrons. The summed E-state index contributed by atoms with van der Waals surface area (Å²) in [5.74, 6) is -0.707. The van der Waals surface area contributed by atoms with Gasteiger partial charge in [-0.2, -0.15) is 5.10 Å². The molecule has 0 fully saturated rings. The van der Waals surface area contributed by atoms with Gasteiger partial charge in [-0.1, -0.05) is 0 Å². The fourth-order valence-corrected chi connectivity index (χ4v) is 2.20. The third kappa shape index (κ3) is 2.95. The number of hydrogen-bond donors (Lipinski definition) is 2. The van der Waals surface area contributed by atoms with E-state index in [9.17, 15) is 15.0 Å². The lowest BCUT2D eigenvalue weighted by Gasteiger charge is -2.08. The molecule has 0 spiro atoms. The number of carboxylic acids is 1. The van der Waals surface area contributed by atoms with E-state index in [1.807, 2.05) is 0 Å². The minimum absolute atomic E-state index is 0.114.